The van der Waals surface area contributed by atoms with Gasteiger partial charge in [0, 0.05) is 31.9 Å². The number of aromatic nitrogens is 2. The number of nitrogens with zero attached hydrogens (tertiary/aromatic N) is 3. The lowest BCUT2D eigenvalue weighted by molar-refractivity contribution is 0.354. The predicted octanol–water partition coefficient (Wildman–Crippen LogP) is 3.69. The van der Waals surface area contributed by atoms with E-state index in [1.807, 2.05) is 32.2 Å². The molecule has 1 aromatic carbocycles. The smallest absolute Gasteiger partial charge is 0.227 e. The van der Waals surface area contributed by atoms with E-state index in [2.05, 4.69) is 33.2 Å². The van der Waals surface area contributed by atoms with Crippen LogP contribution in [-0.2, 0) is 6.42 Å². The Labute approximate surface area is 156 Å². The number of ether oxygens (including phenoxy) is 2. The van der Waals surface area contributed by atoms with Gasteiger partial charge in [0.2, 0.25) is 5.95 Å². The second kappa shape index (κ2) is 9.85. The van der Waals surface area contributed by atoms with Gasteiger partial charge >= 0.3 is 0 Å². The zero-order chi connectivity index (χ0) is 18.9. The standard InChI is InChI=1S/C20H30N4O2/c1-6-7-12-24(3)20-22-15(2)13-19(23-20)21-11-10-16-8-9-17(25-4)18(14-16)26-5/h8-9,13-14H,6-7,10-12H2,1-5H3,(H,21,22,23). The van der Waals surface area contributed by atoms with Crippen molar-refractivity contribution in [1.29, 1.82) is 0 Å². The molecule has 6 heteroatoms. The number of unbranched alkanes of at least 4 members (excludes halogenated alkanes) is 1. The number of hydrogen-bond acceptors (Lipinski definition) is 6. The Morgan fingerprint density at radius 1 is 1.08 bits per heavy atom. The molecule has 0 saturated heterocycles. The summed E-state index contributed by atoms with van der Waals surface area (Å²) in [5.74, 6) is 3.13. The Hall–Kier alpha value is -2.50. The summed E-state index contributed by atoms with van der Waals surface area (Å²) in [6, 6.07) is 7.98. The Morgan fingerprint density at radius 3 is 2.54 bits per heavy atom. The Morgan fingerprint density at radius 2 is 1.85 bits per heavy atom. The number of benzene rings is 1. The van der Waals surface area contributed by atoms with Crippen molar-refractivity contribution < 1.29 is 9.47 Å². The number of nitrogens with one attached hydrogen (secondary N) is 1. The topological polar surface area (TPSA) is 59.5 Å². The van der Waals surface area contributed by atoms with Gasteiger partial charge in [0.05, 0.1) is 14.2 Å². The molecule has 1 N–H and O–H groups in total. The second-order valence-electron chi connectivity index (χ2n) is 6.34. The molecule has 26 heavy (non-hydrogen) atoms. The summed E-state index contributed by atoms with van der Waals surface area (Å²) in [4.78, 5) is 11.3. The molecule has 0 unspecified atom stereocenters. The highest BCUT2D eigenvalue weighted by molar-refractivity contribution is 5.45. The average Bonchev–Trinajstić information content (AvgIpc) is 2.65. The van der Waals surface area contributed by atoms with Crippen molar-refractivity contribution >= 4 is 11.8 Å². The Bertz CT molecular complexity index is 706. The summed E-state index contributed by atoms with van der Waals surface area (Å²) in [5.41, 5.74) is 2.15. The average molecular weight is 358 g/mol. The summed E-state index contributed by atoms with van der Waals surface area (Å²) in [6.07, 6.45) is 3.16. The van der Waals surface area contributed by atoms with Crippen molar-refractivity contribution in [3.63, 3.8) is 0 Å². The fourth-order valence-corrected chi connectivity index (χ4v) is 2.68. The van der Waals surface area contributed by atoms with Crippen molar-refractivity contribution in [2.45, 2.75) is 33.1 Å². The van der Waals surface area contributed by atoms with Gasteiger partial charge in [0.1, 0.15) is 5.82 Å². The third kappa shape index (κ3) is 5.51. The maximum absolute atomic E-state index is 5.36. The minimum Gasteiger partial charge on any atom is -0.493 e. The van der Waals surface area contributed by atoms with E-state index in [-0.39, 0.29) is 0 Å². The van der Waals surface area contributed by atoms with Crippen molar-refractivity contribution in [3.05, 3.63) is 35.5 Å². The molecule has 142 valence electrons. The van der Waals surface area contributed by atoms with Crippen molar-refractivity contribution in [2.24, 2.45) is 0 Å². The molecule has 0 spiro atoms. The normalized spacial score (nSPS) is 10.5. The molecule has 0 aliphatic rings. The molecule has 0 atom stereocenters. The maximum Gasteiger partial charge on any atom is 0.227 e. The highest BCUT2D eigenvalue weighted by Gasteiger charge is 2.08. The summed E-state index contributed by atoms with van der Waals surface area (Å²) < 4.78 is 10.6. The number of hydrogen-bond donors (Lipinski definition) is 1. The lowest BCUT2D eigenvalue weighted by Crippen LogP contribution is -2.22. The molecular weight excluding hydrogens is 328 g/mol. The van der Waals surface area contributed by atoms with Crippen molar-refractivity contribution in [1.82, 2.24) is 9.97 Å². The minimum absolute atomic E-state index is 0.746. The number of rotatable bonds is 10. The SMILES string of the molecule is CCCCN(C)c1nc(C)cc(NCCc2ccc(OC)c(OC)c2)n1. The summed E-state index contributed by atoms with van der Waals surface area (Å²) >= 11 is 0. The first-order chi connectivity index (χ1) is 12.6. The van der Waals surface area contributed by atoms with E-state index in [1.165, 1.54) is 5.56 Å². The molecule has 1 aromatic heterocycles. The Balaban J connectivity index is 1.98. The van der Waals surface area contributed by atoms with Gasteiger partial charge in [0.15, 0.2) is 11.5 Å². The summed E-state index contributed by atoms with van der Waals surface area (Å²) in [5, 5.41) is 3.40. The fourth-order valence-electron chi connectivity index (χ4n) is 2.68. The molecule has 0 aliphatic carbocycles. The molecule has 0 bridgehead atoms. The van der Waals surface area contributed by atoms with E-state index in [4.69, 9.17) is 9.47 Å². The second-order valence-corrected chi connectivity index (χ2v) is 6.34. The van der Waals surface area contributed by atoms with E-state index < -0.39 is 0 Å². The molecule has 1 heterocycles. The number of methoxy groups -OCH3 is 2. The van der Waals surface area contributed by atoms with Gasteiger partial charge in [-0.1, -0.05) is 19.4 Å². The van der Waals surface area contributed by atoms with Crippen LogP contribution < -0.4 is 19.7 Å². The van der Waals surface area contributed by atoms with Crippen LogP contribution in [0.1, 0.15) is 31.0 Å². The third-order valence-electron chi connectivity index (χ3n) is 4.20. The van der Waals surface area contributed by atoms with Crippen LogP contribution in [0.4, 0.5) is 11.8 Å². The monoisotopic (exact) mass is 358 g/mol. The van der Waals surface area contributed by atoms with E-state index in [0.29, 0.717) is 0 Å². The molecule has 2 aromatic rings. The van der Waals surface area contributed by atoms with Gasteiger partial charge in [-0.25, -0.2) is 4.98 Å². The van der Waals surface area contributed by atoms with E-state index >= 15 is 0 Å². The first kappa shape index (κ1) is 19.8. The molecule has 0 fully saturated rings. The van der Waals surface area contributed by atoms with Crippen LogP contribution >= 0.6 is 0 Å². The minimum atomic E-state index is 0.746. The predicted molar refractivity (Wildman–Crippen MR) is 107 cm³/mol. The van der Waals surface area contributed by atoms with Gasteiger partial charge in [0.25, 0.3) is 0 Å². The van der Waals surface area contributed by atoms with Gasteiger partial charge in [-0.05, 0) is 37.5 Å². The maximum atomic E-state index is 5.36. The molecule has 6 nitrogen and oxygen atoms in total. The Kier molecular flexibility index (Phi) is 7.51. The fraction of sp³-hybridized carbons (Fsp3) is 0.500. The summed E-state index contributed by atoms with van der Waals surface area (Å²) in [6.45, 7) is 5.93. The zero-order valence-electron chi connectivity index (χ0n) is 16.5. The lowest BCUT2D eigenvalue weighted by atomic mass is 10.1. The molecular formula is C20H30N4O2. The van der Waals surface area contributed by atoms with E-state index in [0.717, 1.165) is 61.3 Å². The molecule has 0 aliphatic heterocycles. The van der Waals surface area contributed by atoms with Gasteiger partial charge in [-0.2, -0.15) is 4.98 Å². The number of anilines is 2. The van der Waals surface area contributed by atoms with Crippen LogP contribution in [0.25, 0.3) is 0 Å². The quantitative estimate of drug-likeness (QED) is 0.699. The first-order valence-corrected chi connectivity index (χ1v) is 9.09. The molecule has 0 amide bonds. The molecule has 2 rings (SSSR count). The third-order valence-corrected chi connectivity index (χ3v) is 4.20. The largest absolute Gasteiger partial charge is 0.493 e. The van der Waals surface area contributed by atoms with Crippen LogP contribution in [0.3, 0.4) is 0 Å². The van der Waals surface area contributed by atoms with Crippen LogP contribution in [0.5, 0.6) is 11.5 Å². The molecule has 0 radical (unpaired) electrons. The van der Waals surface area contributed by atoms with E-state index in [9.17, 15) is 0 Å². The van der Waals surface area contributed by atoms with Crippen molar-refractivity contribution in [3.8, 4) is 11.5 Å². The van der Waals surface area contributed by atoms with Gasteiger partial charge in [-0.15, -0.1) is 0 Å². The van der Waals surface area contributed by atoms with Crippen LogP contribution in [0, 0.1) is 6.92 Å². The number of aryl methyl sites for hydroxylation is 1. The zero-order valence-corrected chi connectivity index (χ0v) is 16.5. The van der Waals surface area contributed by atoms with Crippen LogP contribution in [0.15, 0.2) is 24.3 Å². The van der Waals surface area contributed by atoms with Crippen molar-refractivity contribution in [2.75, 3.05) is 44.6 Å². The highest BCUT2D eigenvalue weighted by atomic mass is 16.5. The van der Waals surface area contributed by atoms with E-state index in [1.54, 1.807) is 14.2 Å². The van der Waals surface area contributed by atoms with Crippen LogP contribution in [0.2, 0.25) is 0 Å². The first-order valence-electron chi connectivity index (χ1n) is 9.09. The van der Waals surface area contributed by atoms with Gasteiger partial charge < -0.3 is 19.7 Å². The summed E-state index contributed by atoms with van der Waals surface area (Å²) in [7, 11) is 5.34. The molecule has 0 saturated carbocycles. The van der Waals surface area contributed by atoms with Crippen LogP contribution in [-0.4, -0.2) is 44.3 Å². The lowest BCUT2D eigenvalue weighted by Gasteiger charge is -2.18. The highest BCUT2D eigenvalue weighted by Crippen LogP contribution is 2.27. The van der Waals surface area contributed by atoms with Gasteiger partial charge in [-0.3, -0.25) is 0 Å².